The molecule has 1 aromatic heterocycles. The smallest absolute Gasteiger partial charge is 0.140 e. The Hall–Kier alpha value is -1.39. The van der Waals surface area contributed by atoms with Crippen molar-refractivity contribution in [2.24, 2.45) is 0 Å². The van der Waals surface area contributed by atoms with E-state index in [4.69, 9.17) is 4.74 Å². The van der Waals surface area contributed by atoms with E-state index in [0.29, 0.717) is 18.6 Å². The first-order valence-corrected chi connectivity index (χ1v) is 8.32. The molecule has 0 unspecified atom stereocenters. The van der Waals surface area contributed by atoms with Crippen molar-refractivity contribution in [3.05, 3.63) is 45.9 Å². The predicted molar refractivity (Wildman–Crippen MR) is 89.0 cm³/mol. The van der Waals surface area contributed by atoms with Crippen molar-refractivity contribution >= 4 is 11.3 Å². The van der Waals surface area contributed by atoms with Gasteiger partial charge in [0.2, 0.25) is 0 Å². The van der Waals surface area contributed by atoms with Crippen molar-refractivity contribution in [3.63, 3.8) is 0 Å². The minimum absolute atomic E-state index is 0.478. The molecule has 0 aliphatic carbocycles. The molecule has 0 spiro atoms. The SMILES string of the molecule is CC(C)NCc1csc(COc2ccc(C(C)C)cc2)n1. The lowest BCUT2D eigenvalue weighted by molar-refractivity contribution is 0.305. The van der Waals surface area contributed by atoms with Gasteiger partial charge in [-0.2, -0.15) is 0 Å². The van der Waals surface area contributed by atoms with Gasteiger partial charge >= 0.3 is 0 Å². The fraction of sp³-hybridized carbons (Fsp3) is 0.471. The van der Waals surface area contributed by atoms with Gasteiger partial charge in [-0.1, -0.05) is 39.8 Å². The first kappa shape index (κ1) is 16.0. The summed E-state index contributed by atoms with van der Waals surface area (Å²) >= 11 is 1.65. The molecule has 1 N–H and O–H groups in total. The van der Waals surface area contributed by atoms with E-state index in [1.165, 1.54) is 5.56 Å². The van der Waals surface area contributed by atoms with E-state index in [9.17, 15) is 0 Å². The van der Waals surface area contributed by atoms with Gasteiger partial charge in [-0.3, -0.25) is 0 Å². The van der Waals surface area contributed by atoms with E-state index < -0.39 is 0 Å². The summed E-state index contributed by atoms with van der Waals surface area (Å²) in [5.41, 5.74) is 2.42. The molecule has 0 bridgehead atoms. The third kappa shape index (κ3) is 5.14. The van der Waals surface area contributed by atoms with Crippen molar-refractivity contribution in [2.45, 2.75) is 52.8 Å². The van der Waals surface area contributed by atoms with E-state index in [-0.39, 0.29) is 0 Å². The molecule has 0 fully saturated rings. The summed E-state index contributed by atoms with van der Waals surface area (Å²) in [6.07, 6.45) is 0. The van der Waals surface area contributed by atoms with Crippen molar-refractivity contribution in [1.82, 2.24) is 10.3 Å². The molecule has 0 saturated carbocycles. The van der Waals surface area contributed by atoms with Gasteiger partial charge in [0, 0.05) is 18.0 Å². The predicted octanol–water partition coefficient (Wildman–Crippen LogP) is 4.34. The highest BCUT2D eigenvalue weighted by Gasteiger charge is 2.04. The second kappa shape index (κ2) is 7.57. The Morgan fingerprint density at radius 2 is 1.86 bits per heavy atom. The molecule has 2 aromatic rings. The van der Waals surface area contributed by atoms with Crippen molar-refractivity contribution in [1.29, 1.82) is 0 Å². The Labute approximate surface area is 131 Å². The van der Waals surface area contributed by atoms with Crippen LogP contribution in [0.1, 0.15) is 49.9 Å². The summed E-state index contributed by atoms with van der Waals surface area (Å²) in [5, 5.41) is 6.48. The summed E-state index contributed by atoms with van der Waals surface area (Å²) in [6, 6.07) is 8.79. The van der Waals surface area contributed by atoms with Gasteiger partial charge in [0.15, 0.2) is 0 Å². The first-order valence-electron chi connectivity index (χ1n) is 7.44. The Bertz CT molecular complexity index is 546. The van der Waals surface area contributed by atoms with Crippen LogP contribution in [0.3, 0.4) is 0 Å². The summed E-state index contributed by atoms with van der Waals surface area (Å²) < 4.78 is 5.79. The van der Waals surface area contributed by atoms with Gasteiger partial charge in [0.05, 0.1) is 5.69 Å². The van der Waals surface area contributed by atoms with E-state index in [1.54, 1.807) is 11.3 Å². The third-order valence-electron chi connectivity index (χ3n) is 3.20. The molecule has 0 aliphatic rings. The Balaban J connectivity index is 1.85. The molecule has 1 heterocycles. The maximum absolute atomic E-state index is 5.79. The Kier molecular flexibility index (Phi) is 5.76. The molecule has 21 heavy (non-hydrogen) atoms. The highest BCUT2D eigenvalue weighted by molar-refractivity contribution is 7.09. The molecule has 3 nitrogen and oxygen atoms in total. The van der Waals surface area contributed by atoms with Crippen LogP contribution in [-0.4, -0.2) is 11.0 Å². The molecular weight excluding hydrogens is 280 g/mol. The summed E-state index contributed by atoms with van der Waals surface area (Å²) in [4.78, 5) is 4.57. The monoisotopic (exact) mass is 304 g/mol. The standard InChI is InChI=1S/C17H24N2OS/c1-12(2)14-5-7-16(8-6-14)20-10-17-19-15(11-21-17)9-18-13(3)4/h5-8,11-13,18H,9-10H2,1-4H3. The van der Waals surface area contributed by atoms with Crippen LogP contribution in [-0.2, 0) is 13.2 Å². The Morgan fingerprint density at radius 1 is 1.14 bits per heavy atom. The lowest BCUT2D eigenvalue weighted by Gasteiger charge is -2.08. The van der Waals surface area contributed by atoms with Crippen LogP contribution < -0.4 is 10.1 Å². The van der Waals surface area contributed by atoms with Gasteiger partial charge in [-0.25, -0.2) is 4.98 Å². The van der Waals surface area contributed by atoms with E-state index in [0.717, 1.165) is 23.0 Å². The van der Waals surface area contributed by atoms with Crippen LogP contribution in [0.2, 0.25) is 0 Å². The average molecular weight is 304 g/mol. The highest BCUT2D eigenvalue weighted by Crippen LogP contribution is 2.20. The van der Waals surface area contributed by atoms with E-state index in [1.807, 2.05) is 12.1 Å². The first-order chi connectivity index (χ1) is 10.0. The molecule has 2 rings (SSSR count). The Morgan fingerprint density at radius 3 is 2.48 bits per heavy atom. The van der Waals surface area contributed by atoms with Crippen molar-refractivity contribution < 1.29 is 4.74 Å². The van der Waals surface area contributed by atoms with Gasteiger partial charge in [-0.05, 0) is 23.6 Å². The van der Waals surface area contributed by atoms with Gasteiger partial charge in [0.25, 0.3) is 0 Å². The number of hydrogen-bond acceptors (Lipinski definition) is 4. The number of aromatic nitrogens is 1. The minimum Gasteiger partial charge on any atom is -0.486 e. The summed E-state index contributed by atoms with van der Waals surface area (Å²) in [6.45, 7) is 10.0. The number of rotatable bonds is 7. The summed E-state index contributed by atoms with van der Waals surface area (Å²) in [7, 11) is 0. The fourth-order valence-electron chi connectivity index (χ4n) is 1.90. The van der Waals surface area contributed by atoms with Crippen LogP contribution in [0.15, 0.2) is 29.6 Å². The van der Waals surface area contributed by atoms with Crippen molar-refractivity contribution in [3.8, 4) is 5.75 Å². The lowest BCUT2D eigenvalue weighted by atomic mass is 10.0. The molecule has 0 saturated heterocycles. The molecule has 114 valence electrons. The zero-order valence-electron chi connectivity index (χ0n) is 13.2. The normalized spacial score (nSPS) is 11.3. The molecule has 0 atom stereocenters. The largest absolute Gasteiger partial charge is 0.486 e. The molecule has 1 aromatic carbocycles. The van der Waals surface area contributed by atoms with Crippen LogP contribution in [0.25, 0.3) is 0 Å². The maximum atomic E-state index is 5.79. The maximum Gasteiger partial charge on any atom is 0.140 e. The highest BCUT2D eigenvalue weighted by atomic mass is 32.1. The zero-order chi connectivity index (χ0) is 15.2. The number of nitrogens with one attached hydrogen (secondary N) is 1. The van der Waals surface area contributed by atoms with E-state index >= 15 is 0 Å². The minimum atomic E-state index is 0.478. The quantitative estimate of drug-likeness (QED) is 0.826. The summed E-state index contributed by atoms with van der Waals surface area (Å²) in [5.74, 6) is 1.45. The number of hydrogen-bond donors (Lipinski definition) is 1. The molecule has 0 radical (unpaired) electrons. The number of nitrogens with zero attached hydrogens (tertiary/aromatic N) is 1. The molecule has 4 heteroatoms. The van der Waals surface area contributed by atoms with Gasteiger partial charge < -0.3 is 10.1 Å². The third-order valence-corrected chi connectivity index (χ3v) is 4.07. The lowest BCUT2D eigenvalue weighted by Crippen LogP contribution is -2.21. The topological polar surface area (TPSA) is 34.1 Å². The molecule has 0 aliphatic heterocycles. The second-order valence-electron chi connectivity index (χ2n) is 5.78. The fourth-order valence-corrected chi connectivity index (χ4v) is 2.60. The number of ether oxygens (including phenoxy) is 1. The number of thiazole rings is 1. The van der Waals surface area contributed by atoms with Crippen LogP contribution in [0.5, 0.6) is 5.75 Å². The number of benzene rings is 1. The molecular formula is C17H24N2OS. The van der Waals surface area contributed by atoms with Crippen LogP contribution in [0.4, 0.5) is 0 Å². The van der Waals surface area contributed by atoms with Crippen LogP contribution in [0, 0.1) is 0 Å². The molecule has 0 amide bonds. The van der Waals surface area contributed by atoms with Gasteiger partial charge in [-0.15, -0.1) is 11.3 Å². The average Bonchev–Trinajstić information content (AvgIpc) is 2.91. The second-order valence-corrected chi connectivity index (χ2v) is 6.72. The van der Waals surface area contributed by atoms with E-state index in [2.05, 4.69) is 55.5 Å². The zero-order valence-corrected chi connectivity index (χ0v) is 14.0. The van der Waals surface area contributed by atoms with Crippen molar-refractivity contribution in [2.75, 3.05) is 0 Å². The van der Waals surface area contributed by atoms with Crippen LogP contribution >= 0.6 is 11.3 Å². The van der Waals surface area contributed by atoms with Gasteiger partial charge in [0.1, 0.15) is 17.4 Å².